The van der Waals surface area contributed by atoms with Crippen molar-refractivity contribution in [2.75, 3.05) is 6.61 Å². The number of rotatable bonds is 3. The van der Waals surface area contributed by atoms with E-state index < -0.39 is 0 Å². The summed E-state index contributed by atoms with van der Waals surface area (Å²) in [5.74, 6) is 0.350. The number of thiocarbonyl (C=S) groups is 1. The van der Waals surface area contributed by atoms with Gasteiger partial charge in [-0.2, -0.15) is 0 Å². The van der Waals surface area contributed by atoms with E-state index in [1.165, 1.54) is 0 Å². The second-order valence-corrected chi connectivity index (χ2v) is 5.76. The summed E-state index contributed by atoms with van der Waals surface area (Å²) in [6.07, 6.45) is 2.33. The van der Waals surface area contributed by atoms with Crippen molar-refractivity contribution in [3.63, 3.8) is 0 Å². The number of nitrogens with zero attached hydrogens (tertiary/aromatic N) is 1. The van der Waals surface area contributed by atoms with Crippen LogP contribution < -0.4 is 5.73 Å². The van der Waals surface area contributed by atoms with E-state index in [4.69, 9.17) is 22.7 Å². The summed E-state index contributed by atoms with van der Waals surface area (Å²) < 4.78 is 5.63. The number of hydrogen-bond donors (Lipinski definition) is 1. The molecular weight excluding hydrogens is 240 g/mol. The lowest BCUT2D eigenvalue weighted by Crippen LogP contribution is -2.10. The summed E-state index contributed by atoms with van der Waals surface area (Å²) in [6.45, 7) is 5.05. The number of thiazole rings is 1. The van der Waals surface area contributed by atoms with Gasteiger partial charge in [-0.15, -0.1) is 11.3 Å². The summed E-state index contributed by atoms with van der Waals surface area (Å²) in [7, 11) is 0. The van der Waals surface area contributed by atoms with E-state index in [-0.39, 0.29) is 6.10 Å². The van der Waals surface area contributed by atoms with Gasteiger partial charge in [-0.05, 0) is 18.8 Å². The molecule has 0 bridgehead atoms. The molecule has 88 valence electrons. The molecule has 2 N–H and O–H groups in total. The van der Waals surface area contributed by atoms with Gasteiger partial charge >= 0.3 is 0 Å². The molecule has 0 spiro atoms. The summed E-state index contributed by atoms with van der Waals surface area (Å²) in [5, 5.41) is 1.03. The van der Waals surface area contributed by atoms with E-state index >= 15 is 0 Å². The van der Waals surface area contributed by atoms with Crippen molar-refractivity contribution in [3.8, 4) is 0 Å². The number of hydrogen-bond acceptors (Lipinski definition) is 4. The van der Waals surface area contributed by atoms with Crippen LogP contribution in [0.1, 0.15) is 54.3 Å². The molecule has 0 aliphatic carbocycles. The minimum Gasteiger partial charge on any atom is -0.389 e. The molecule has 2 rings (SSSR count). The first-order valence-electron chi connectivity index (χ1n) is 5.51. The Bertz CT molecular complexity index is 395. The Kier molecular flexibility index (Phi) is 3.56. The quantitative estimate of drug-likeness (QED) is 0.845. The van der Waals surface area contributed by atoms with Gasteiger partial charge in [0.25, 0.3) is 0 Å². The molecule has 5 heteroatoms. The lowest BCUT2D eigenvalue weighted by molar-refractivity contribution is 0.111. The van der Waals surface area contributed by atoms with E-state index in [0.717, 1.165) is 35.0 Å². The largest absolute Gasteiger partial charge is 0.389 e. The van der Waals surface area contributed by atoms with Crippen LogP contribution in [0.15, 0.2) is 0 Å². The zero-order valence-corrected chi connectivity index (χ0v) is 11.2. The number of ether oxygens (including phenoxy) is 1. The zero-order valence-electron chi connectivity index (χ0n) is 9.53. The molecule has 0 radical (unpaired) electrons. The van der Waals surface area contributed by atoms with Crippen LogP contribution in [0.3, 0.4) is 0 Å². The lowest BCUT2D eigenvalue weighted by atomic mass is 10.1. The Morgan fingerprint density at radius 3 is 2.81 bits per heavy atom. The zero-order chi connectivity index (χ0) is 11.7. The van der Waals surface area contributed by atoms with Crippen LogP contribution in [-0.4, -0.2) is 16.6 Å². The first kappa shape index (κ1) is 12.0. The average Bonchev–Trinajstić information content (AvgIpc) is 2.86. The molecular formula is C11H16N2OS2. The van der Waals surface area contributed by atoms with Gasteiger partial charge in [0, 0.05) is 6.61 Å². The van der Waals surface area contributed by atoms with Crippen molar-refractivity contribution < 1.29 is 4.74 Å². The molecule has 1 unspecified atom stereocenters. The van der Waals surface area contributed by atoms with Gasteiger partial charge in [0.1, 0.15) is 16.1 Å². The topological polar surface area (TPSA) is 48.1 Å². The van der Waals surface area contributed by atoms with Gasteiger partial charge < -0.3 is 10.5 Å². The van der Waals surface area contributed by atoms with Gasteiger partial charge in [0.05, 0.1) is 10.6 Å². The molecule has 3 nitrogen and oxygen atoms in total. The van der Waals surface area contributed by atoms with Crippen molar-refractivity contribution in [2.45, 2.75) is 38.7 Å². The Morgan fingerprint density at radius 2 is 2.38 bits per heavy atom. The van der Waals surface area contributed by atoms with E-state index in [2.05, 4.69) is 18.8 Å². The third-order valence-electron chi connectivity index (χ3n) is 2.65. The van der Waals surface area contributed by atoms with Gasteiger partial charge in [-0.1, -0.05) is 26.1 Å². The highest BCUT2D eigenvalue weighted by atomic mass is 32.1. The Hall–Kier alpha value is -0.520. The van der Waals surface area contributed by atoms with Crippen LogP contribution in [0.2, 0.25) is 0 Å². The first-order chi connectivity index (χ1) is 7.59. The Balaban J connectivity index is 2.34. The maximum Gasteiger partial charge on any atom is 0.122 e. The van der Waals surface area contributed by atoms with Gasteiger partial charge in [-0.25, -0.2) is 4.98 Å². The molecule has 1 atom stereocenters. The molecule has 1 aromatic rings. The fraction of sp³-hybridized carbons (Fsp3) is 0.636. The Labute approximate surface area is 105 Å². The minimum absolute atomic E-state index is 0.158. The summed E-state index contributed by atoms with van der Waals surface area (Å²) in [4.78, 5) is 6.04. The van der Waals surface area contributed by atoms with Crippen molar-refractivity contribution in [2.24, 2.45) is 5.73 Å². The SMILES string of the molecule is CC(C)c1nc(C2CCCO2)sc1C(N)=S. The van der Waals surface area contributed by atoms with Crippen LogP contribution in [0.5, 0.6) is 0 Å². The van der Waals surface area contributed by atoms with Crippen LogP contribution in [0.4, 0.5) is 0 Å². The van der Waals surface area contributed by atoms with Crippen molar-refractivity contribution in [3.05, 3.63) is 15.6 Å². The van der Waals surface area contributed by atoms with Crippen LogP contribution in [0, 0.1) is 0 Å². The van der Waals surface area contributed by atoms with E-state index in [1.54, 1.807) is 11.3 Å². The molecule has 1 aliphatic heterocycles. The second-order valence-electron chi connectivity index (χ2n) is 4.29. The van der Waals surface area contributed by atoms with Gasteiger partial charge in [0.15, 0.2) is 0 Å². The van der Waals surface area contributed by atoms with Gasteiger partial charge in [0.2, 0.25) is 0 Å². The normalized spacial score (nSPS) is 20.6. The van der Waals surface area contributed by atoms with Gasteiger partial charge in [-0.3, -0.25) is 0 Å². The molecule has 0 saturated carbocycles. The molecule has 1 fully saturated rings. The van der Waals surface area contributed by atoms with Crippen molar-refractivity contribution in [1.82, 2.24) is 4.98 Å². The molecule has 1 aliphatic rings. The van der Waals surface area contributed by atoms with Crippen LogP contribution >= 0.6 is 23.6 Å². The molecule has 1 aromatic heterocycles. The minimum atomic E-state index is 0.158. The third-order valence-corrected chi connectivity index (χ3v) is 4.18. The Morgan fingerprint density at radius 1 is 1.62 bits per heavy atom. The predicted molar refractivity (Wildman–Crippen MR) is 70.0 cm³/mol. The highest BCUT2D eigenvalue weighted by Crippen LogP contribution is 2.34. The molecule has 16 heavy (non-hydrogen) atoms. The van der Waals surface area contributed by atoms with Crippen molar-refractivity contribution >= 4 is 28.5 Å². The van der Waals surface area contributed by atoms with E-state index in [9.17, 15) is 0 Å². The van der Waals surface area contributed by atoms with Crippen LogP contribution in [0.25, 0.3) is 0 Å². The van der Waals surface area contributed by atoms with E-state index in [1.807, 2.05) is 0 Å². The summed E-state index contributed by atoms with van der Waals surface area (Å²) in [5.41, 5.74) is 6.74. The monoisotopic (exact) mass is 256 g/mol. The molecule has 1 saturated heterocycles. The molecule has 2 heterocycles. The maximum atomic E-state index is 5.73. The number of aromatic nitrogens is 1. The van der Waals surface area contributed by atoms with Crippen molar-refractivity contribution in [1.29, 1.82) is 0 Å². The fourth-order valence-corrected chi connectivity index (χ4v) is 3.21. The third kappa shape index (κ3) is 2.26. The maximum absolute atomic E-state index is 5.73. The second kappa shape index (κ2) is 4.77. The standard InChI is InChI=1S/C11H16N2OS2/c1-6(2)8-9(10(12)15)16-11(13-8)7-4-3-5-14-7/h6-7H,3-5H2,1-2H3,(H2,12,15). The fourth-order valence-electron chi connectivity index (χ4n) is 1.83. The summed E-state index contributed by atoms with van der Waals surface area (Å²) >= 11 is 6.66. The summed E-state index contributed by atoms with van der Waals surface area (Å²) in [6, 6.07) is 0. The average molecular weight is 256 g/mol. The smallest absolute Gasteiger partial charge is 0.122 e. The number of nitrogens with two attached hydrogens (primary N) is 1. The highest BCUT2D eigenvalue weighted by Gasteiger charge is 2.24. The van der Waals surface area contributed by atoms with E-state index in [0.29, 0.717) is 10.9 Å². The predicted octanol–water partition coefficient (Wildman–Crippen LogP) is 2.75. The molecule has 0 amide bonds. The van der Waals surface area contributed by atoms with Crippen LogP contribution in [-0.2, 0) is 4.74 Å². The lowest BCUT2D eigenvalue weighted by Gasteiger charge is -2.04. The highest BCUT2D eigenvalue weighted by molar-refractivity contribution is 7.81. The first-order valence-corrected chi connectivity index (χ1v) is 6.74. The molecule has 0 aromatic carbocycles.